The molecule has 2 aromatic heterocycles. The molecule has 0 amide bonds. The molecule has 0 radical (unpaired) electrons. The molecule has 0 saturated carbocycles. The number of anilines is 1. The smallest absolute Gasteiger partial charge is 0.341 e. The van der Waals surface area contributed by atoms with Crippen molar-refractivity contribution in [3.8, 4) is 0 Å². The van der Waals surface area contributed by atoms with Gasteiger partial charge in [0.05, 0.1) is 17.8 Å². The van der Waals surface area contributed by atoms with Crippen molar-refractivity contribution in [1.29, 1.82) is 0 Å². The molecule has 2 N–H and O–H groups in total. The molecular formula is C13H16N4O2S. The van der Waals surface area contributed by atoms with Gasteiger partial charge in [0.15, 0.2) is 0 Å². The van der Waals surface area contributed by atoms with Crippen molar-refractivity contribution < 1.29 is 9.90 Å². The van der Waals surface area contributed by atoms with Gasteiger partial charge in [-0.15, -0.1) is 11.3 Å². The second kappa shape index (κ2) is 4.31. The summed E-state index contributed by atoms with van der Waals surface area (Å²) in [7, 11) is 0. The van der Waals surface area contributed by atoms with Gasteiger partial charge >= 0.3 is 5.97 Å². The fourth-order valence-electron chi connectivity index (χ4n) is 2.59. The summed E-state index contributed by atoms with van der Waals surface area (Å²) in [5, 5.41) is 17.7. The van der Waals surface area contributed by atoms with Gasteiger partial charge in [-0.1, -0.05) is 0 Å². The first kappa shape index (κ1) is 13.1. The molecule has 1 aliphatic rings. The van der Waals surface area contributed by atoms with Gasteiger partial charge in [0, 0.05) is 11.1 Å². The van der Waals surface area contributed by atoms with Crippen LogP contribution in [-0.2, 0) is 5.54 Å². The molecule has 20 heavy (non-hydrogen) atoms. The molecule has 1 unspecified atom stereocenters. The van der Waals surface area contributed by atoms with Crippen LogP contribution in [0.25, 0.3) is 0 Å². The van der Waals surface area contributed by atoms with E-state index in [0.29, 0.717) is 5.82 Å². The lowest BCUT2D eigenvalue weighted by atomic mass is 9.93. The van der Waals surface area contributed by atoms with Crippen molar-refractivity contribution in [3.63, 3.8) is 0 Å². The highest BCUT2D eigenvalue weighted by molar-refractivity contribution is 7.11. The first-order valence-corrected chi connectivity index (χ1v) is 7.21. The minimum absolute atomic E-state index is 0.0194. The van der Waals surface area contributed by atoms with E-state index in [1.54, 1.807) is 16.0 Å². The first-order chi connectivity index (χ1) is 9.38. The predicted molar refractivity (Wildman–Crippen MR) is 76.3 cm³/mol. The van der Waals surface area contributed by atoms with Gasteiger partial charge in [-0.25, -0.2) is 14.5 Å². The minimum atomic E-state index is -0.967. The van der Waals surface area contributed by atoms with E-state index in [1.807, 2.05) is 13.1 Å². The molecule has 0 bridgehead atoms. The van der Waals surface area contributed by atoms with E-state index in [4.69, 9.17) is 0 Å². The highest BCUT2D eigenvalue weighted by atomic mass is 32.1. The third-order valence-electron chi connectivity index (χ3n) is 3.52. The monoisotopic (exact) mass is 292 g/mol. The summed E-state index contributed by atoms with van der Waals surface area (Å²) in [6, 6.07) is 0.0194. The topological polar surface area (TPSA) is 80.0 Å². The molecule has 6 nitrogen and oxygen atoms in total. The quantitative estimate of drug-likeness (QED) is 0.889. The Morgan fingerprint density at radius 2 is 2.30 bits per heavy atom. The lowest BCUT2D eigenvalue weighted by Gasteiger charge is -2.37. The maximum Gasteiger partial charge on any atom is 0.341 e. The predicted octanol–water partition coefficient (Wildman–Crippen LogP) is 2.64. The third kappa shape index (κ3) is 1.98. The van der Waals surface area contributed by atoms with Gasteiger partial charge in [0.1, 0.15) is 16.4 Å². The normalized spacial score (nSPS) is 20.2. The summed E-state index contributed by atoms with van der Waals surface area (Å²) in [6.45, 7) is 6.13. The van der Waals surface area contributed by atoms with E-state index in [0.717, 1.165) is 16.3 Å². The van der Waals surface area contributed by atoms with E-state index in [1.165, 1.54) is 6.20 Å². The van der Waals surface area contributed by atoms with Crippen LogP contribution in [0.3, 0.4) is 0 Å². The van der Waals surface area contributed by atoms with Crippen LogP contribution in [0.5, 0.6) is 0 Å². The van der Waals surface area contributed by atoms with Crippen molar-refractivity contribution in [1.82, 2.24) is 14.8 Å². The van der Waals surface area contributed by atoms with E-state index in [-0.39, 0.29) is 17.1 Å². The van der Waals surface area contributed by atoms with Crippen LogP contribution in [0.15, 0.2) is 12.4 Å². The number of rotatable bonds is 2. The van der Waals surface area contributed by atoms with E-state index in [9.17, 15) is 9.90 Å². The van der Waals surface area contributed by atoms with E-state index in [2.05, 4.69) is 29.2 Å². The lowest BCUT2D eigenvalue weighted by Crippen LogP contribution is -2.38. The Bertz CT molecular complexity index is 674. The molecule has 3 rings (SSSR count). The standard InChI is InChI=1S/C13H16N4O2S/c1-7-5-14-11(20-7)9-4-13(2,3)17-10(16-9)8(6-15-17)12(18)19/h5-6,9,16H,4H2,1-3H3,(H,18,19). The number of fused-ring (bicyclic) bond motifs is 1. The van der Waals surface area contributed by atoms with Crippen molar-refractivity contribution in [2.75, 3.05) is 5.32 Å². The molecule has 1 aliphatic heterocycles. The molecule has 0 aromatic carbocycles. The van der Waals surface area contributed by atoms with Crippen molar-refractivity contribution in [2.24, 2.45) is 0 Å². The highest BCUT2D eigenvalue weighted by Gasteiger charge is 2.37. The van der Waals surface area contributed by atoms with Gasteiger partial charge in [0.25, 0.3) is 0 Å². The number of nitrogens with zero attached hydrogens (tertiary/aromatic N) is 3. The summed E-state index contributed by atoms with van der Waals surface area (Å²) in [5.74, 6) is -0.405. The molecule has 7 heteroatoms. The highest BCUT2D eigenvalue weighted by Crippen LogP contribution is 2.40. The molecule has 1 atom stereocenters. The zero-order chi connectivity index (χ0) is 14.5. The van der Waals surface area contributed by atoms with Crippen LogP contribution in [0.2, 0.25) is 0 Å². The zero-order valence-electron chi connectivity index (χ0n) is 11.5. The number of nitrogens with one attached hydrogen (secondary N) is 1. The van der Waals surface area contributed by atoms with Crippen LogP contribution >= 0.6 is 11.3 Å². The first-order valence-electron chi connectivity index (χ1n) is 6.39. The Kier molecular flexibility index (Phi) is 2.82. The number of aromatic nitrogens is 3. The lowest BCUT2D eigenvalue weighted by molar-refractivity contribution is 0.0697. The summed E-state index contributed by atoms with van der Waals surface area (Å²) < 4.78 is 1.76. The fourth-order valence-corrected chi connectivity index (χ4v) is 3.41. The maximum atomic E-state index is 11.3. The van der Waals surface area contributed by atoms with Gasteiger partial charge in [-0.3, -0.25) is 0 Å². The van der Waals surface area contributed by atoms with Crippen molar-refractivity contribution >= 4 is 23.1 Å². The molecule has 0 fully saturated rings. The van der Waals surface area contributed by atoms with Gasteiger partial charge in [-0.2, -0.15) is 5.10 Å². The van der Waals surface area contributed by atoms with E-state index >= 15 is 0 Å². The molecule has 0 spiro atoms. The number of aryl methyl sites for hydroxylation is 1. The van der Waals surface area contributed by atoms with Gasteiger partial charge in [-0.05, 0) is 27.2 Å². The number of thiazole rings is 1. The van der Waals surface area contributed by atoms with E-state index < -0.39 is 5.97 Å². The Balaban J connectivity index is 2.05. The number of aromatic carboxylic acids is 1. The molecule has 0 aliphatic carbocycles. The second-order valence-corrected chi connectivity index (χ2v) is 6.91. The molecule has 3 heterocycles. The zero-order valence-corrected chi connectivity index (χ0v) is 12.4. The van der Waals surface area contributed by atoms with Crippen molar-refractivity contribution in [3.05, 3.63) is 27.8 Å². The van der Waals surface area contributed by atoms with Crippen LogP contribution in [0, 0.1) is 6.92 Å². The average Bonchev–Trinajstić information content (AvgIpc) is 2.94. The largest absolute Gasteiger partial charge is 0.477 e. The summed E-state index contributed by atoms with van der Waals surface area (Å²) in [5.41, 5.74) is -0.0468. The Labute approximate surface area is 120 Å². The molecular weight excluding hydrogens is 276 g/mol. The third-order valence-corrected chi connectivity index (χ3v) is 4.55. The number of hydrogen-bond acceptors (Lipinski definition) is 5. The number of carbonyl (C=O) groups is 1. The Morgan fingerprint density at radius 1 is 1.55 bits per heavy atom. The molecule has 2 aromatic rings. The van der Waals surface area contributed by atoms with Gasteiger partial charge in [0.2, 0.25) is 0 Å². The van der Waals surface area contributed by atoms with Crippen molar-refractivity contribution in [2.45, 2.75) is 38.8 Å². The Morgan fingerprint density at radius 3 is 2.90 bits per heavy atom. The van der Waals surface area contributed by atoms with Crippen LogP contribution < -0.4 is 5.32 Å². The fraction of sp³-hybridized carbons (Fsp3) is 0.462. The van der Waals surface area contributed by atoms with Crippen LogP contribution in [0.1, 0.15) is 46.6 Å². The second-order valence-electron chi connectivity index (χ2n) is 5.65. The number of carboxylic acid groups (broad SMARTS) is 1. The molecule has 0 saturated heterocycles. The number of carboxylic acids is 1. The Hall–Kier alpha value is -1.89. The van der Waals surface area contributed by atoms with Crippen LogP contribution in [0.4, 0.5) is 5.82 Å². The number of hydrogen-bond donors (Lipinski definition) is 2. The summed E-state index contributed by atoms with van der Waals surface area (Å²) in [4.78, 5) is 16.9. The average molecular weight is 292 g/mol. The summed E-state index contributed by atoms with van der Waals surface area (Å²) in [6.07, 6.45) is 4.06. The maximum absolute atomic E-state index is 11.3. The summed E-state index contributed by atoms with van der Waals surface area (Å²) >= 11 is 1.64. The SMILES string of the molecule is Cc1cnc(C2CC(C)(C)n3ncc(C(=O)O)c3N2)s1. The van der Waals surface area contributed by atoms with Gasteiger partial charge < -0.3 is 10.4 Å². The molecule has 106 valence electrons. The van der Waals surface area contributed by atoms with Crippen LogP contribution in [-0.4, -0.2) is 25.8 Å². The minimum Gasteiger partial charge on any atom is -0.477 e.